The molecule has 0 saturated carbocycles. The van der Waals surface area contributed by atoms with Crippen LogP contribution >= 0.6 is 11.6 Å². The quantitative estimate of drug-likeness (QED) is 0.912. The number of nitrogens with one attached hydrogen (secondary N) is 1. The van der Waals surface area contributed by atoms with Crippen LogP contribution in [0.1, 0.15) is 31.1 Å². The van der Waals surface area contributed by atoms with Gasteiger partial charge in [0, 0.05) is 18.3 Å². The highest BCUT2D eigenvalue weighted by Crippen LogP contribution is 2.39. The van der Waals surface area contributed by atoms with Crippen molar-refractivity contribution in [2.75, 3.05) is 0 Å². The van der Waals surface area contributed by atoms with E-state index in [9.17, 15) is 0 Å². The van der Waals surface area contributed by atoms with Crippen LogP contribution in [0.4, 0.5) is 0 Å². The van der Waals surface area contributed by atoms with Crippen molar-refractivity contribution in [3.8, 4) is 11.5 Å². The summed E-state index contributed by atoms with van der Waals surface area (Å²) in [5.41, 5.74) is 0.579. The standard InChI is InChI=1S/C13H13ClN4O/c14-9-2-1-5-15-11(9)12-17-13(19-18-12)8-6-7-3-4-10(8)16-7/h1-2,5,7-8,10,16H,3-4,6H2. The third kappa shape index (κ3) is 1.84. The van der Waals surface area contributed by atoms with E-state index in [-0.39, 0.29) is 0 Å². The minimum absolute atomic E-state index is 0.336. The summed E-state index contributed by atoms with van der Waals surface area (Å²) in [6.07, 6.45) is 5.21. The summed E-state index contributed by atoms with van der Waals surface area (Å²) in [7, 11) is 0. The van der Waals surface area contributed by atoms with Crippen LogP contribution in [0.5, 0.6) is 0 Å². The molecule has 19 heavy (non-hydrogen) atoms. The van der Waals surface area contributed by atoms with Gasteiger partial charge in [0.15, 0.2) is 0 Å². The fraction of sp³-hybridized carbons (Fsp3) is 0.462. The molecule has 0 aromatic carbocycles. The summed E-state index contributed by atoms with van der Waals surface area (Å²) < 4.78 is 5.41. The molecule has 0 aliphatic carbocycles. The van der Waals surface area contributed by atoms with Gasteiger partial charge in [0.25, 0.3) is 0 Å². The van der Waals surface area contributed by atoms with Crippen LogP contribution in [0.25, 0.3) is 11.5 Å². The Labute approximate surface area is 115 Å². The van der Waals surface area contributed by atoms with Gasteiger partial charge in [0.2, 0.25) is 11.7 Å². The van der Waals surface area contributed by atoms with Crippen molar-refractivity contribution >= 4 is 11.6 Å². The molecular weight excluding hydrogens is 264 g/mol. The topological polar surface area (TPSA) is 63.8 Å². The number of hydrogen-bond donors (Lipinski definition) is 1. The van der Waals surface area contributed by atoms with Crippen LogP contribution in [-0.4, -0.2) is 27.2 Å². The van der Waals surface area contributed by atoms with Gasteiger partial charge >= 0.3 is 0 Å². The molecule has 4 rings (SSSR count). The van der Waals surface area contributed by atoms with Gasteiger partial charge in [0.1, 0.15) is 5.69 Å². The van der Waals surface area contributed by atoms with Crippen molar-refractivity contribution in [3.63, 3.8) is 0 Å². The molecule has 0 amide bonds. The van der Waals surface area contributed by atoms with E-state index in [0.29, 0.717) is 40.4 Å². The summed E-state index contributed by atoms with van der Waals surface area (Å²) >= 11 is 6.09. The van der Waals surface area contributed by atoms with E-state index in [2.05, 4.69) is 20.4 Å². The van der Waals surface area contributed by atoms with E-state index in [4.69, 9.17) is 16.1 Å². The largest absolute Gasteiger partial charge is 0.339 e. The number of aromatic nitrogens is 3. The number of hydrogen-bond acceptors (Lipinski definition) is 5. The van der Waals surface area contributed by atoms with E-state index in [1.807, 2.05) is 0 Å². The molecule has 2 saturated heterocycles. The first-order valence-corrected chi connectivity index (χ1v) is 6.89. The van der Waals surface area contributed by atoms with Crippen LogP contribution < -0.4 is 5.32 Å². The highest BCUT2D eigenvalue weighted by molar-refractivity contribution is 6.32. The van der Waals surface area contributed by atoms with E-state index in [1.165, 1.54) is 12.8 Å². The lowest BCUT2D eigenvalue weighted by Crippen LogP contribution is -2.21. The predicted octanol–water partition coefficient (Wildman–Crippen LogP) is 2.39. The van der Waals surface area contributed by atoms with Gasteiger partial charge in [-0.15, -0.1) is 0 Å². The number of pyridine rings is 1. The smallest absolute Gasteiger partial charge is 0.231 e. The van der Waals surface area contributed by atoms with Crippen LogP contribution in [0.15, 0.2) is 22.9 Å². The highest BCUT2D eigenvalue weighted by atomic mass is 35.5. The van der Waals surface area contributed by atoms with Gasteiger partial charge in [-0.25, -0.2) is 0 Å². The molecule has 2 aromatic heterocycles. The Morgan fingerprint density at radius 1 is 1.37 bits per heavy atom. The van der Waals surface area contributed by atoms with Crippen molar-refractivity contribution in [2.24, 2.45) is 0 Å². The molecule has 3 unspecified atom stereocenters. The fourth-order valence-corrected chi connectivity index (χ4v) is 3.34. The second-order valence-electron chi connectivity index (χ2n) is 5.18. The summed E-state index contributed by atoms with van der Waals surface area (Å²) in [5, 5.41) is 8.12. The first-order chi connectivity index (χ1) is 9.31. The zero-order valence-electron chi connectivity index (χ0n) is 10.2. The average molecular weight is 277 g/mol. The normalized spacial score (nSPS) is 29.0. The van der Waals surface area contributed by atoms with Gasteiger partial charge in [-0.05, 0) is 31.4 Å². The first kappa shape index (κ1) is 11.4. The van der Waals surface area contributed by atoms with Crippen LogP contribution in [0.2, 0.25) is 5.02 Å². The number of nitrogens with zero attached hydrogens (tertiary/aromatic N) is 3. The van der Waals surface area contributed by atoms with Crippen molar-refractivity contribution in [2.45, 2.75) is 37.3 Å². The van der Waals surface area contributed by atoms with Gasteiger partial charge in [-0.2, -0.15) is 4.98 Å². The zero-order chi connectivity index (χ0) is 12.8. The molecule has 1 N–H and O–H groups in total. The van der Waals surface area contributed by atoms with Crippen LogP contribution in [-0.2, 0) is 0 Å². The third-order valence-corrected chi connectivity index (χ3v) is 4.33. The minimum atomic E-state index is 0.336. The predicted molar refractivity (Wildman–Crippen MR) is 69.8 cm³/mol. The monoisotopic (exact) mass is 276 g/mol. The van der Waals surface area contributed by atoms with E-state index in [1.54, 1.807) is 18.3 Å². The Morgan fingerprint density at radius 2 is 2.32 bits per heavy atom. The van der Waals surface area contributed by atoms with Crippen molar-refractivity contribution < 1.29 is 4.52 Å². The van der Waals surface area contributed by atoms with Crippen LogP contribution in [0.3, 0.4) is 0 Å². The Balaban J connectivity index is 1.65. The van der Waals surface area contributed by atoms with Gasteiger partial charge < -0.3 is 9.84 Å². The molecule has 0 radical (unpaired) electrons. The lowest BCUT2D eigenvalue weighted by molar-refractivity contribution is 0.329. The van der Waals surface area contributed by atoms with E-state index < -0.39 is 0 Å². The molecule has 2 aliphatic rings. The maximum atomic E-state index is 6.09. The lowest BCUT2D eigenvalue weighted by Gasteiger charge is -2.15. The fourth-order valence-electron chi connectivity index (χ4n) is 3.13. The Hall–Kier alpha value is -1.46. The van der Waals surface area contributed by atoms with Gasteiger partial charge in [-0.1, -0.05) is 16.8 Å². The molecule has 6 heteroatoms. The molecule has 98 valence electrons. The molecule has 4 heterocycles. The molecule has 2 aliphatic heterocycles. The molecule has 5 nitrogen and oxygen atoms in total. The SMILES string of the molecule is Clc1cccnc1-c1noc(C2CC3CCC2N3)n1. The minimum Gasteiger partial charge on any atom is -0.339 e. The Morgan fingerprint density at radius 3 is 3.05 bits per heavy atom. The molecule has 3 atom stereocenters. The van der Waals surface area contributed by atoms with Crippen molar-refractivity contribution in [1.29, 1.82) is 0 Å². The summed E-state index contributed by atoms with van der Waals surface area (Å²) in [6, 6.07) is 4.66. The van der Waals surface area contributed by atoms with Gasteiger partial charge in [-0.3, -0.25) is 4.98 Å². The zero-order valence-corrected chi connectivity index (χ0v) is 11.0. The molecular formula is C13H13ClN4O. The third-order valence-electron chi connectivity index (χ3n) is 4.03. The second kappa shape index (κ2) is 4.28. The second-order valence-corrected chi connectivity index (χ2v) is 5.59. The number of rotatable bonds is 2. The van der Waals surface area contributed by atoms with Crippen LogP contribution in [0, 0.1) is 0 Å². The maximum Gasteiger partial charge on any atom is 0.231 e. The molecule has 2 fully saturated rings. The summed E-state index contributed by atoms with van der Waals surface area (Å²) in [5.74, 6) is 1.52. The molecule has 2 aromatic rings. The molecule has 0 spiro atoms. The number of fused-ring (bicyclic) bond motifs is 2. The number of halogens is 1. The van der Waals surface area contributed by atoms with E-state index >= 15 is 0 Å². The van der Waals surface area contributed by atoms with E-state index in [0.717, 1.165) is 6.42 Å². The Bertz CT molecular complexity index is 614. The van der Waals surface area contributed by atoms with Crippen molar-refractivity contribution in [3.05, 3.63) is 29.2 Å². The summed E-state index contributed by atoms with van der Waals surface area (Å²) in [6.45, 7) is 0. The average Bonchev–Trinajstić information content (AvgIpc) is 3.15. The first-order valence-electron chi connectivity index (χ1n) is 6.52. The van der Waals surface area contributed by atoms with Gasteiger partial charge in [0.05, 0.1) is 10.9 Å². The maximum absolute atomic E-state index is 6.09. The van der Waals surface area contributed by atoms with Crippen molar-refractivity contribution in [1.82, 2.24) is 20.4 Å². The molecule has 2 bridgehead atoms. The highest BCUT2D eigenvalue weighted by Gasteiger charge is 2.42. The lowest BCUT2D eigenvalue weighted by atomic mass is 9.89. The summed E-state index contributed by atoms with van der Waals surface area (Å²) in [4.78, 5) is 8.68. The Kier molecular flexibility index (Phi) is 2.56.